The Balaban J connectivity index is 1.53. The van der Waals surface area contributed by atoms with E-state index in [0.717, 1.165) is 22.3 Å². The SMILES string of the molecule is C=C(C)COc1ccc2c(c1)O/C(=C\c1ccc(-c3ccccc3)cc1)C2=O. The van der Waals surface area contributed by atoms with Crippen LogP contribution in [0.1, 0.15) is 22.8 Å². The maximum absolute atomic E-state index is 12.6. The maximum atomic E-state index is 12.6. The topological polar surface area (TPSA) is 35.5 Å². The van der Waals surface area contributed by atoms with Crippen molar-refractivity contribution >= 4 is 11.9 Å². The summed E-state index contributed by atoms with van der Waals surface area (Å²) in [6.45, 7) is 6.15. The molecule has 0 spiro atoms. The zero-order valence-electron chi connectivity index (χ0n) is 15.6. The van der Waals surface area contributed by atoms with Crippen LogP contribution in [0.25, 0.3) is 17.2 Å². The second-order valence-corrected chi connectivity index (χ2v) is 6.83. The third kappa shape index (κ3) is 3.74. The van der Waals surface area contributed by atoms with E-state index < -0.39 is 0 Å². The van der Waals surface area contributed by atoms with Crippen molar-refractivity contribution in [3.63, 3.8) is 0 Å². The van der Waals surface area contributed by atoms with Crippen LogP contribution in [0.3, 0.4) is 0 Å². The first-order chi connectivity index (χ1) is 13.6. The van der Waals surface area contributed by atoms with Crippen LogP contribution in [-0.2, 0) is 0 Å². The summed E-state index contributed by atoms with van der Waals surface area (Å²) in [5, 5.41) is 0. The molecule has 1 heterocycles. The van der Waals surface area contributed by atoms with Gasteiger partial charge in [-0.15, -0.1) is 0 Å². The zero-order chi connectivity index (χ0) is 19.5. The number of carbonyl (C=O) groups is 1. The summed E-state index contributed by atoms with van der Waals surface area (Å²) in [5.41, 5.74) is 4.68. The fourth-order valence-corrected chi connectivity index (χ4v) is 3.02. The molecule has 0 atom stereocenters. The van der Waals surface area contributed by atoms with Crippen LogP contribution >= 0.6 is 0 Å². The lowest BCUT2D eigenvalue weighted by Gasteiger charge is -2.06. The molecule has 138 valence electrons. The summed E-state index contributed by atoms with van der Waals surface area (Å²) >= 11 is 0. The van der Waals surface area contributed by atoms with Crippen LogP contribution < -0.4 is 9.47 Å². The average Bonchev–Trinajstić information content (AvgIpc) is 3.02. The standard InChI is InChI=1S/C25H20O3/c1-17(2)16-27-21-12-13-22-23(15-21)28-24(25(22)26)14-18-8-10-20(11-9-18)19-6-4-3-5-7-19/h3-15H,1,16H2,2H3/b24-14-. The van der Waals surface area contributed by atoms with Gasteiger partial charge in [0.2, 0.25) is 5.78 Å². The first-order valence-corrected chi connectivity index (χ1v) is 9.11. The lowest BCUT2D eigenvalue weighted by Crippen LogP contribution is -1.98. The van der Waals surface area contributed by atoms with Crippen LogP contribution in [0.2, 0.25) is 0 Å². The number of Topliss-reactive ketones (excluding diaryl/α,β-unsaturated/α-hetero) is 1. The van der Waals surface area contributed by atoms with Gasteiger partial charge in [-0.25, -0.2) is 0 Å². The lowest BCUT2D eigenvalue weighted by molar-refractivity contribution is 0.101. The largest absolute Gasteiger partial charge is 0.489 e. The molecule has 0 bridgehead atoms. The molecule has 3 aromatic rings. The molecule has 0 amide bonds. The molecule has 0 unspecified atom stereocenters. The number of hydrogen-bond acceptors (Lipinski definition) is 3. The molecule has 1 aliphatic rings. The van der Waals surface area contributed by atoms with Gasteiger partial charge in [-0.3, -0.25) is 4.79 Å². The molecule has 0 fully saturated rings. The van der Waals surface area contributed by atoms with Crippen LogP contribution in [0.4, 0.5) is 0 Å². The van der Waals surface area contributed by atoms with E-state index in [9.17, 15) is 4.79 Å². The number of allylic oxidation sites excluding steroid dienone is 1. The summed E-state index contributed by atoms with van der Waals surface area (Å²) in [6.07, 6.45) is 1.77. The van der Waals surface area contributed by atoms with Crippen molar-refractivity contribution in [2.75, 3.05) is 6.61 Å². The molecule has 28 heavy (non-hydrogen) atoms. The van der Waals surface area contributed by atoms with Crippen LogP contribution in [-0.4, -0.2) is 12.4 Å². The summed E-state index contributed by atoms with van der Waals surface area (Å²) in [5.74, 6) is 1.38. The molecule has 0 N–H and O–H groups in total. The monoisotopic (exact) mass is 368 g/mol. The predicted octanol–water partition coefficient (Wildman–Crippen LogP) is 5.92. The van der Waals surface area contributed by atoms with Gasteiger partial charge in [0.25, 0.3) is 0 Å². The van der Waals surface area contributed by atoms with Gasteiger partial charge in [-0.1, -0.05) is 61.2 Å². The first kappa shape index (κ1) is 17.8. The smallest absolute Gasteiger partial charge is 0.231 e. The number of carbonyl (C=O) groups excluding carboxylic acids is 1. The molecule has 0 saturated carbocycles. The fourth-order valence-electron chi connectivity index (χ4n) is 3.02. The number of rotatable bonds is 5. The highest BCUT2D eigenvalue weighted by molar-refractivity contribution is 6.14. The Morgan fingerprint density at radius 1 is 1.00 bits per heavy atom. The van der Waals surface area contributed by atoms with Gasteiger partial charge < -0.3 is 9.47 Å². The van der Waals surface area contributed by atoms with Gasteiger partial charge in [0, 0.05) is 6.07 Å². The van der Waals surface area contributed by atoms with Gasteiger partial charge >= 0.3 is 0 Å². The number of hydrogen-bond donors (Lipinski definition) is 0. The third-order valence-corrected chi connectivity index (χ3v) is 4.44. The van der Waals surface area contributed by atoms with E-state index in [1.165, 1.54) is 0 Å². The van der Waals surface area contributed by atoms with Gasteiger partial charge in [0.05, 0.1) is 5.56 Å². The Morgan fingerprint density at radius 3 is 2.43 bits per heavy atom. The van der Waals surface area contributed by atoms with E-state index in [1.54, 1.807) is 24.3 Å². The Hall–Kier alpha value is -3.59. The summed E-state index contributed by atoms with van der Waals surface area (Å²) < 4.78 is 11.4. The minimum atomic E-state index is -0.117. The number of benzene rings is 3. The van der Waals surface area contributed by atoms with Crippen LogP contribution in [0, 0.1) is 0 Å². The zero-order valence-corrected chi connectivity index (χ0v) is 15.6. The Labute approximate surface area is 164 Å². The van der Waals surface area contributed by atoms with Gasteiger partial charge in [-0.05, 0) is 47.4 Å². The van der Waals surface area contributed by atoms with Crippen molar-refractivity contribution in [3.05, 3.63) is 102 Å². The molecule has 0 aliphatic carbocycles. The van der Waals surface area contributed by atoms with Gasteiger partial charge in [-0.2, -0.15) is 0 Å². The predicted molar refractivity (Wildman–Crippen MR) is 112 cm³/mol. The Bertz CT molecular complexity index is 1060. The fraction of sp³-hybridized carbons (Fsp3) is 0.0800. The quantitative estimate of drug-likeness (QED) is 0.414. The van der Waals surface area contributed by atoms with Crippen molar-refractivity contribution < 1.29 is 14.3 Å². The Kier molecular flexibility index (Phi) is 4.81. The van der Waals surface area contributed by atoms with E-state index in [4.69, 9.17) is 9.47 Å². The van der Waals surface area contributed by atoms with Crippen molar-refractivity contribution in [2.45, 2.75) is 6.92 Å². The minimum Gasteiger partial charge on any atom is -0.489 e. The highest BCUT2D eigenvalue weighted by Gasteiger charge is 2.27. The molecule has 4 rings (SSSR count). The first-order valence-electron chi connectivity index (χ1n) is 9.11. The van der Waals surface area contributed by atoms with E-state index >= 15 is 0 Å². The molecule has 0 aromatic heterocycles. The second-order valence-electron chi connectivity index (χ2n) is 6.83. The summed E-state index contributed by atoms with van der Waals surface area (Å²) in [7, 11) is 0. The number of ketones is 1. The molecule has 3 nitrogen and oxygen atoms in total. The lowest BCUT2D eigenvalue weighted by atomic mass is 10.0. The van der Waals surface area contributed by atoms with Crippen LogP contribution in [0.15, 0.2) is 90.7 Å². The molecule has 3 aromatic carbocycles. The van der Waals surface area contributed by atoms with E-state index in [1.807, 2.05) is 49.4 Å². The highest BCUT2D eigenvalue weighted by Crippen LogP contribution is 2.35. The minimum absolute atomic E-state index is 0.117. The molecular formula is C25H20O3. The molecular weight excluding hydrogens is 348 g/mol. The van der Waals surface area contributed by atoms with E-state index in [2.05, 4.69) is 18.7 Å². The third-order valence-electron chi connectivity index (χ3n) is 4.44. The van der Waals surface area contributed by atoms with Crippen LogP contribution in [0.5, 0.6) is 11.5 Å². The average molecular weight is 368 g/mol. The Morgan fingerprint density at radius 2 is 1.71 bits per heavy atom. The number of ether oxygens (including phenoxy) is 2. The number of fused-ring (bicyclic) bond motifs is 1. The highest BCUT2D eigenvalue weighted by atomic mass is 16.5. The maximum Gasteiger partial charge on any atom is 0.231 e. The van der Waals surface area contributed by atoms with Crippen molar-refractivity contribution in [2.24, 2.45) is 0 Å². The summed E-state index contributed by atoms with van der Waals surface area (Å²) in [6, 6.07) is 23.5. The van der Waals surface area contributed by atoms with Gasteiger partial charge in [0.1, 0.15) is 18.1 Å². The molecule has 0 saturated heterocycles. The second kappa shape index (κ2) is 7.57. The van der Waals surface area contributed by atoms with E-state index in [0.29, 0.717) is 29.4 Å². The molecule has 3 heteroatoms. The van der Waals surface area contributed by atoms with Crippen molar-refractivity contribution in [3.8, 4) is 22.6 Å². The van der Waals surface area contributed by atoms with Crippen molar-refractivity contribution in [1.29, 1.82) is 0 Å². The summed E-state index contributed by atoms with van der Waals surface area (Å²) in [4.78, 5) is 12.6. The van der Waals surface area contributed by atoms with Gasteiger partial charge in [0.15, 0.2) is 5.76 Å². The molecule has 0 radical (unpaired) electrons. The normalized spacial score (nSPS) is 13.9. The van der Waals surface area contributed by atoms with E-state index in [-0.39, 0.29) is 5.78 Å². The van der Waals surface area contributed by atoms with Crippen molar-refractivity contribution in [1.82, 2.24) is 0 Å². The molecule has 1 aliphatic heterocycles.